The Morgan fingerprint density at radius 2 is 1.82 bits per heavy atom. The van der Waals surface area contributed by atoms with E-state index in [1.54, 1.807) is 0 Å². The lowest BCUT2D eigenvalue weighted by molar-refractivity contribution is 0.0483. The number of amides is 1. The van der Waals surface area contributed by atoms with Gasteiger partial charge in [-0.05, 0) is 42.4 Å². The van der Waals surface area contributed by atoms with Gasteiger partial charge in [-0.25, -0.2) is 0 Å². The first kappa shape index (κ1) is 17.5. The maximum absolute atomic E-state index is 13.4. The number of ether oxygens (including phenoxy) is 3. The summed E-state index contributed by atoms with van der Waals surface area (Å²) in [4.78, 5) is 17.7. The van der Waals surface area contributed by atoms with Crippen LogP contribution >= 0.6 is 0 Å². The Balaban J connectivity index is 1.43. The van der Waals surface area contributed by atoms with Crippen molar-refractivity contribution >= 4 is 5.91 Å². The van der Waals surface area contributed by atoms with E-state index in [0.29, 0.717) is 18.1 Å². The molecule has 0 unspecified atom stereocenters. The third kappa shape index (κ3) is 3.23. The second-order valence-corrected chi connectivity index (χ2v) is 7.88. The molecule has 6 heteroatoms. The molecule has 3 aliphatic rings. The Hall–Kier alpha value is -2.57. The minimum Gasteiger partial charge on any atom is -0.454 e. The number of carbonyl (C=O) groups excluding carboxylic acids is 1. The molecule has 146 valence electrons. The van der Waals surface area contributed by atoms with Gasteiger partial charge in [-0.3, -0.25) is 4.79 Å². The summed E-state index contributed by atoms with van der Waals surface area (Å²) in [7, 11) is 2.12. The molecule has 0 saturated carbocycles. The second kappa shape index (κ2) is 7.11. The molecule has 0 aromatic heterocycles. The molecule has 0 radical (unpaired) electrons. The summed E-state index contributed by atoms with van der Waals surface area (Å²) in [6.45, 7) is 4.16. The Labute approximate surface area is 164 Å². The van der Waals surface area contributed by atoms with Crippen LogP contribution in [0.3, 0.4) is 0 Å². The number of carbonyl (C=O) groups is 1. The maximum atomic E-state index is 13.4. The standard InChI is InChI=1S/C22H24N2O4/c1-23-9-15-10-24(19(11-23)13-26-12-15)22(25)18-4-2-3-16(7-18)17-5-6-20-21(8-17)28-14-27-20/h2-8,15,19H,9-14H2,1H3/t15-,19-/m0/s1. The van der Waals surface area contributed by atoms with Crippen LogP contribution in [0.15, 0.2) is 42.5 Å². The Kier molecular flexibility index (Phi) is 4.45. The molecule has 6 nitrogen and oxygen atoms in total. The summed E-state index contributed by atoms with van der Waals surface area (Å²) in [6.07, 6.45) is 0. The van der Waals surface area contributed by atoms with Gasteiger partial charge < -0.3 is 24.0 Å². The second-order valence-electron chi connectivity index (χ2n) is 7.88. The van der Waals surface area contributed by atoms with E-state index < -0.39 is 0 Å². The number of benzene rings is 2. The molecule has 2 aromatic carbocycles. The zero-order chi connectivity index (χ0) is 19.1. The average molecular weight is 380 g/mol. The van der Waals surface area contributed by atoms with Crippen molar-refractivity contribution in [3.05, 3.63) is 48.0 Å². The molecule has 28 heavy (non-hydrogen) atoms. The van der Waals surface area contributed by atoms with Crippen LogP contribution in [0.25, 0.3) is 11.1 Å². The highest BCUT2D eigenvalue weighted by atomic mass is 16.7. The Bertz CT molecular complexity index is 900. The summed E-state index contributed by atoms with van der Waals surface area (Å²) in [5.74, 6) is 1.95. The fourth-order valence-corrected chi connectivity index (χ4v) is 4.40. The van der Waals surface area contributed by atoms with Crippen LogP contribution in [0, 0.1) is 5.92 Å². The van der Waals surface area contributed by atoms with Crippen LogP contribution in [-0.2, 0) is 4.74 Å². The van der Waals surface area contributed by atoms with Crippen LogP contribution in [0.5, 0.6) is 11.5 Å². The minimum absolute atomic E-state index is 0.0818. The van der Waals surface area contributed by atoms with Gasteiger partial charge in [0.2, 0.25) is 6.79 Å². The molecule has 0 aliphatic carbocycles. The maximum Gasteiger partial charge on any atom is 0.254 e. The van der Waals surface area contributed by atoms with Crippen molar-refractivity contribution in [2.75, 3.05) is 46.7 Å². The van der Waals surface area contributed by atoms with Gasteiger partial charge in [0.05, 0.1) is 19.3 Å². The summed E-state index contributed by atoms with van der Waals surface area (Å²) in [5, 5.41) is 0. The lowest BCUT2D eigenvalue weighted by Gasteiger charge is -2.30. The van der Waals surface area contributed by atoms with E-state index >= 15 is 0 Å². The summed E-state index contributed by atoms with van der Waals surface area (Å²) < 4.78 is 16.7. The van der Waals surface area contributed by atoms with E-state index in [2.05, 4.69) is 11.9 Å². The topological polar surface area (TPSA) is 51.2 Å². The molecule has 3 aliphatic heterocycles. The average Bonchev–Trinajstić information content (AvgIpc) is 3.01. The number of likely N-dealkylation sites (N-methyl/N-ethyl adjacent to an activating group) is 1. The van der Waals surface area contributed by atoms with Gasteiger partial charge in [-0.2, -0.15) is 0 Å². The van der Waals surface area contributed by atoms with Crippen LogP contribution in [0.4, 0.5) is 0 Å². The van der Waals surface area contributed by atoms with Gasteiger partial charge in [0.1, 0.15) is 0 Å². The number of hydrogen-bond donors (Lipinski definition) is 0. The molecule has 0 N–H and O–H groups in total. The van der Waals surface area contributed by atoms with E-state index in [1.807, 2.05) is 47.4 Å². The van der Waals surface area contributed by atoms with Crippen LogP contribution in [0.1, 0.15) is 10.4 Å². The molecule has 1 amide bonds. The zero-order valence-electron chi connectivity index (χ0n) is 16.0. The SMILES string of the molecule is CN1C[C@@H]2COC[C@H](C1)N(C(=O)c1cccc(-c3ccc4c(c3)OCO4)c1)C2. The van der Waals surface area contributed by atoms with Crippen molar-refractivity contribution in [1.82, 2.24) is 9.80 Å². The largest absolute Gasteiger partial charge is 0.454 e. The first-order valence-electron chi connectivity index (χ1n) is 9.75. The number of nitrogens with zero attached hydrogens (tertiary/aromatic N) is 2. The molecule has 5 rings (SSSR count). The van der Waals surface area contributed by atoms with Gasteiger partial charge in [0.15, 0.2) is 11.5 Å². The van der Waals surface area contributed by atoms with E-state index in [0.717, 1.165) is 48.9 Å². The lowest BCUT2D eigenvalue weighted by Crippen LogP contribution is -2.45. The molecule has 2 aromatic rings. The van der Waals surface area contributed by atoms with Crippen molar-refractivity contribution in [1.29, 1.82) is 0 Å². The van der Waals surface area contributed by atoms with Crippen LogP contribution < -0.4 is 9.47 Å². The van der Waals surface area contributed by atoms with Gasteiger partial charge in [0.25, 0.3) is 5.91 Å². The van der Waals surface area contributed by atoms with Gasteiger partial charge in [0, 0.05) is 31.1 Å². The fraction of sp³-hybridized carbons (Fsp3) is 0.409. The first-order chi connectivity index (χ1) is 13.7. The summed E-state index contributed by atoms with van der Waals surface area (Å²) in [5.41, 5.74) is 2.72. The quantitative estimate of drug-likeness (QED) is 0.801. The van der Waals surface area contributed by atoms with Crippen molar-refractivity contribution in [3.8, 4) is 22.6 Å². The monoisotopic (exact) mass is 380 g/mol. The first-order valence-corrected chi connectivity index (χ1v) is 9.75. The lowest BCUT2D eigenvalue weighted by atomic mass is 10.0. The van der Waals surface area contributed by atoms with Gasteiger partial charge in [-0.15, -0.1) is 0 Å². The molecule has 3 heterocycles. The van der Waals surface area contributed by atoms with E-state index in [1.165, 1.54) is 0 Å². The molecular weight excluding hydrogens is 356 g/mol. The number of hydrogen-bond acceptors (Lipinski definition) is 5. The predicted octanol–water partition coefficient (Wildman–Crippen LogP) is 2.48. The van der Waals surface area contributed by atoms with E-state index in [9.17, 15) is 4.79 Å². The van der Waals surface area contributed by atoms with Crippen molar-refractivity contribution in [3.63, 3.8) is 0 Å². The third-order valence-corrected chi connectivity index (χ3v) is 5.73. The van der Waals surface area contributed by atoms with E-state index in [-0.39, 0.29) is 18.7 Å². The Morgan fingerprint density at radius 1 is 0.964 bits per heavy atom. The molecule has 0 spiro atoms. The predicted molar refractivity (Wildman–Crippen MR) is 105 cm³/mol. The van der Waals surface area contributed by atoms with Crippen molar-refractivity contribution in [2.24, 2.45) is 5.92 Å². The van der Waals surface area contributed by atoms with Crippen molar-refractivity contribution in [2.45, 2.75) is 6.04 Å². The molecule has 2 saturated heterocycles. The Morgan fingerprint density at radius 3 is 2.75 bits per heavy atom. The van der Waals surface area contributed by atoms with E-state index in [4.69, 9.17) is 14.2 Å². The summed E-state index contributed by atoms with van der Waals surface area (Å²) in [6, 6.07) is 13.8. The third-order valence-electron chi connectivity index (χ3n) is 5.73. The molecule has 2 atom stereocenters. The minimum atomic E-state index is 0.0818. The smallest absolute Gasteiger partial charge is 0.254 e. The highest BCUT2D eigenvalue weighted by Gasteiger charge is 2.35. The highest BCUT2D eigenvalue weighted by Crippen LogP contribution is 2.36. The summed E-state index contributed by atoms with van der Waals surface area (Å²) >= 11 is 0. The van der Waals surface area contributed by atoms with Crippen molar-refractivity contribution < 1.29 is 19.0 Å². The molecular formula is C22H24N2O4. The van der Waals surface area contributed by atoms with Gasteiger partial charge >= 0.3 is 0 Å². The number of fused-ring (bicyclic) bond motifs is 4. The fourth-order valence-electron chi connectivity index (χ4n) is 4.40. The van der Waals surface area contributed by atoms with Crippen LogP contribution in [-0.4, -0.2) is 68.4 Å². The molecule has 2 bridgehead atoms. The van der Waals surface area contributed by atoms with Crippen LogP contribution in [0.2, 0.25) is 0 Å². The van der Waals surface area contributed by atoms with Gasteiger partial charge in [-0.1, -0.05) is 18.2 Å². The normalized spacial score (nSPS) is 24.1. The number of rotatable bonds is 2. The molecule has 2 fully saturated rings. The zero-order valence-corrected chi connectivity index (χ0v) is 16.0. The highest BCUT2D eigenvalue weighted by molar-refractivity contribution is 5.96.